The molecule has 2 aromatic rings. The number of hydrogen-bond donors (Lipinski definition) is 1. The number of aryl methyl sites for hydroxylation is 1. The lowest BCUT2D eigenvalue weighted by molar-refractivity contribution is 0.0934. The maximum atomic E-state index is 13.1. The number of benzene rings is 2. The second kappa shape index (κ2) is 9.70. The second-order valence-electron chi connectivity index (χ2n) is 7.64. The van der Waals surface area contributed by atoms with E-state index in [0.29, 0.717) is 36.6 Å². The van der Waals surface area contributed by atoms with Crippen LogP contribution in [0.2, 0.25) is 0 Å². The first kappa shape index (κ1) is 23.1. The van der Waals surface area contributed by atoms with E-state index < -0.39 is 10.0 Å². The number of carbonyl (C=O) groups is 1. The second-order valence-corrected chi connectivity index (χ2v) is 9.57. The summed E-state index contributed by atoms with van der Waals surface area (Å²) in [6.45, 7) is 4.82. The van der Waals surface area contributed by atoms with E-state index in [1.165, 1.54) is 10.4 Å². The Balaban J connectivity index is 1.87. The molecule has 0 bridgehead atoms. The van der Waals surface area contributed by atoms with Gasteiger partial charge in [-0.15, -0.1) is 0 Å². The fourth-order valence-corrected chi connectivity index (χ4v) is 5.35. The van der Waals surface area contributed by atoms with Gasteiger partial charge in [-0.2, -0.15) is 4.31 Å². The van der Waals surface area contributed by atoms with Crippen molar-refractivity contribution in [3.8, 4) is 11.5 Å². The number of hydrogen-bond acceptors (Lipinski definition) is 5. The predicted molar refractivity (Wildman–Crippen MR) is 119 cm³/mol. The lowest BCUT2D eigenvalue weighted by atomic mass is 10.0. The van der Waals surface area contributed by atoms with Gasteiger partial charge in [0.2, 0.25) is 10.0 Å². The Hall–Kier alpha value is -2.58. The average Bonchev–Trinajstić information content (AvgIpc) is 3.33. The number of carbonyl (C=O) groups excluding carboxylic acids is 1. The standard InChI is InChI=1S/C23H30N2O5S/c1-5-20(17-9-11-21(29-3)22(14-17)30-4)24-23(26)19-15-18(10-8-16(19)2)31(27,28)25-12-6-7-13-25/h8-11,14-15,20H,5-7,12-13H2,1-4H3,(H,24,26)/t20-/m0/s1. The highest BCUT2D eigenvalue weighted by atomic mass is 32.2. The third-order valence-corrected chi connectivity index (χ3v) is 7.57. The molecule has 0 aromatic heterocycles. The molecule has 8 heteroatoms. The Labute approximate surface area is 184 Å². The van der Waals surface area contributed by atoms with Gasteiger partial charge in [0.15, 0.2) is 11.5 Å². The van der Waals surface area contributed by atoms with E-state index >= 15 is 0 Å². The minimum absolute atomic E-state index is 0.157. The van der Waals surface area contributed by atoms with Crippen LogP contribution in [0.15, 0.2) is 41.3 Å². The summed E-state index contributed by atoms with van der Waals surface area (Å²) in [4.78, 5) is 13.3. The van der Waals surface area contributed by atoms with Crippen molar-refractivity contribution in [2.45, 2.75) is 44.0 Å². The van der Waals surface area contributed by atoms with Crippen molar-refractivity contribution in [2.75, 3.05) is 27.3 Å². The molecule has 2 aromatic carbocycles. The van der Waals surface area contributed by atoms with Gasteiger partial charge in [0.05, 0.1) is 25.2 Å². The summed E-state index contributed by atoms with van der Waals surface area (Å²) in [7, 11) is -0.453. The van der Waals surface area contributed by atoms with Crippen molar-refractivity contribution in [1.29, 1.82) is 0 Å². The molecule has 3 rings (SSSR count). The Morgan fingerprint density at radius 3 is 2.35 bits per heavy atom. The zero-order valence-electron chi connectivity index (χ0n) is 18.5. The zero-order valence-corrected chi connectivity index (χ0v) is 19.3. The number of rotatable bonds is 8. The Kier molecular flexibility index (Phi) is 7.23. The van der Waals surface area contributed by atoms with Gasteiger partial charge in [0, 0.05) is 18.7 Å². The van der Waals surface area contributed by atoms with E-state index in [1.54, 1.807) is 39.3 Å². The van der Waals surface area contributed by atoms with Crippen molar-refractivity contribution in [2.24, 2.45) is 0 Å². The Morgan fingerprint density at radius 1 is 1.06 bits per heavy atom. The minimum atomic E-state index is -3.59. The van der Waals surface area contributed by atoms with Crippen molar-refractivity contribution in [3.63, 3.8) is 0 Å². The van der Waals surface area contributed by atoms with Gasteiger partial charge < -0.3 is 14.8 Å². The van der Waals surface area contributed by atoms with Crippen molar-refractivity contribution in [1.82, 2.24) is 9.62 Å². The number of nitrogens with one attached hydrogen (secondary N) is 1. The first-order chi connectivity index (χ1) is 14.8. The summed E-state index contributed by atoms with van der Waals surface area (Å²) in [6, 6.07) is 10.0. The topological polar surface area (TPSA) is 84.9 Å². The molecule has 1 N–H and O–H groups in total. The Bertz CT molecular complexity index is 1050. The first-order valence-corrected chi connectivity index (χ1v) is 11.9. The first-order valence-electron chi connectivity index (χ1n) is 10.5. The van der Waals surface area contributed by atoms with Crippen molar-refractivity contribution in [3.05, 3.63) is 53.1 Å². The smallest absolute Gasteiger partial charge is 0.252 e. The van der Waals surface area contributed by atoms with Crippen LogP contribution in [0.4, 0.5) is 0 Å². The fraction of sp³-hybridized carbons (Fsp3) is 0.435. The number of ether oxygens (including phenoxy) is 2. The summed E-state index contributed by atoms with van der Waals surface area (Å²) in [5.41, 5.74) is 1.96. The van der Waals surface area contributed by atoms with Crippen LogP contribution in [0, 0.1) is 6.92 Å². The molecule has 31 heavy (non-hydrogen) atoms. The van der Waals surface area contributed by atoms with Gasteiger partial charge in [0.25, 0.3) is 5.91 Å². The normalized spacial score (nSPS) is 15.5. The molecule has 1 heterocycles. The summed E-state index contributed by atoms with van der Waals surface area (Å²) >= 11 is 0. The van der Waals surface area contributed by atoms with Crippen molar-refractivity contribution >= 4 is 15.9 Å². The fourth-order valence-electron chi connectivity index (χ4n) is 3.81. The average molecular weight is 447 g/mol. The van der Waals surface area contributed by atoms with Crippen LogP contribution in [-0.4, -0.2) is 45.9 Å². The molecule has 1 aliphatic rings. The molecule has 0 spiro atoms. The van der Waals surface area contributed by atoms with Gasteiger partial charge in [-0.25, -0.2) is 8.42 Å². The molecule has 0 radical (unpaired) electrons. The van der Waals surface area contributed by atoms with Gasteiger partial charge in [-0.05, 0) is 61.6 Å². The van der Waals surface area contributed by atoms with Crippen LogP contribution < -0.4 is 14.8 Å². The number of sulfonamides is 1. The maximum absolute atomic E-state index is 13.1. The highest BCUT2D eigenvalue weighted by molar-refractivity contribution is 7.89. The SMILES string of the molecule is CC[C@H](NC(=O)c1cc(S(=O)(=O)N2CCCC2)ccc1C)c1ccc(OC)c(OC)c1. The van der Waals surface area contributed by atoms with Gasteiger partial charge in [0.1, 0.15) is 0 Å². The zero-order chi connectivity index (χ0) is 22.6. The molecule has 168 valence electrons. The molecule has 1 fully saturated rings. The van der Waals surface area contributed by atoms with E-state index in [2.05, 4.69) is 5.32 Å². The maximum Gasteiger partial charge on any atom is 0.252 e. The molecule has 0 unspecified atom stereocenters. The van der Waals surface area contributed by atoms with Crippen LogP contribution in [0.25, 0.3) is 0 Å². The highest BCUT2D eigenvalue weighted by Gasteiger charge is 2.28. The monoisotopic (exact) mass is 446 g/mol. The highest BCUT2D eigenvalue weighted by Crippen LogP contribution is 2.31. The van der Waals surface area contributed by atoms with Gasteiger partial charge in [-0.3, -0.25) is 4.79 Å². The summed E-state index contributed by atoms with van der Waals surface area (Å²) in [6.07, 6.45) is 2.38. The molecule has 1 amide bonds. The van der Waals surface area contributed by atoms with E-state index in [9.17, 15) is 13.2 Å². The van der Waals surface area contributed by atoms with Gasteiger partial charge in [-0.1, -0.05) is 19.1 Å². The minimum Gasteiger partial charge on any atom is -0.493 e. The third kappa shape index (κ3) is 4.85. The summed E-state index contributed by atoms with van der Waals surface area (Å²) in [5, 5.41) is 3.03. The molecular weight excluding hydrogens is 416 g/mol. The van der Waals surface area contributed by atoms with E-state index in [4.69, 9.17) is 9.47 Å². The van der Waals surface area contributed by atoms with E-state index in [0.717, 1.165) is 24.0 Å². The molecular formula is C23H30N2O5S. The molecule has 0 aliphatic carbocycles. The molecule has 1 aliphatic heterocycles. The molecule has 1 saturated heterocycles. The third-order valence-electron chi connectivity index (χ3n) is 5.68. The van der Waals surface area contributed by atoms with Crippen LogP contribution in [0.1, 0.15) is 53.7 Å². The number of amides is 1. The van der Waals surface area contributed by atoms with Crippen LogP contribution in [0.5, 0.6) is 11.5 Å². The quantitative estimate of drug-likeness (QED) is 0.669. The predicted octanol–water partition coefficient (Wildman–Crippen LogP) is 3.68. The summed E-state index contributed by atoms with van der Waals surface area (Å²) < 4.78 is 38.0. The largest absolute Gasteiger partial charge is 0.493 e. The van der Waals surface area contributed by atoms with Crippen molar-refractivity contribution < 1.29 is 22.7 Å². The molecule has 7 nitrogen and oxygen atoms in total. The number of nitrogens with zero attached hydrogens (tertiary/aromatic N) is 1. The lowest BCUT2D eigenvalue weighted by Gasteiger charge is -2.20. The van der Waals surface area contributed by atoms with Crippen LogP contribution in [0.3, 0.4) is 0 Å². The van der Waals surface area contributed by atoms with Crippen LogP contribution >= 0.6 is 0 Å². The van der Waals surface area contributed by atoms with Crippen LogP contribution in [-0.2, 0) is 10.0 Å². The number of methoxy groups -OCH3 is 2. The molecule has 1 atom stereocenters. The summed E-state index contributed by atoms with van der Waals surface area (Å²) in [5.74, 6) is 0.892. The molecule has 0 saturated carbocycles. The Morgan fingerprint density at radius 2 is 1.74 bits per heavy atom. The van der Waals surface area contributed by atoms with E-state index in [-0.39, 0.29) is 16.8 Å². The lowest BCUT2D eigenvalue weighted by Crippen LogP contribution is -2.30. The van der Waals surface area contributed by atoms with Gasteiger partial charge >= 0.3 is 0 Å². The van der Waals surface area contributed by atoms with E-state index in [1.807, 2.05) is 19.1 Å².